The van der Waals surface area contributed by atoms with Crippen molar-refractivity contribution in [2.45, 2.75) is 0 Å². The standard InChI is InChI=1S/C9H15N5O2/c1-14(2)3-4-16-8-6-11-7(5-12-8)9(10)13-15/h5-6,15H,3-4H2,1-2H3,(H2,10,13). The van der Waals surface area contributed by atoms with Crippen LogP contribution in [0.4, 0.5) is 0 Å². The topological polar surface area (TPSA) is 96.9 Å². The van der Waals surface area contributed by atoms with Gasteiger partial charge in [0, 0.05) is 6.54 Å². The van der Waals surface area contributed by atoms with E-state index in [0.717, 1.165) is 6.54 Å². The van der Waals surface area contributed by atoms with Gasteiger partial charge in [-0.15, -0.1) is 0 Å². The van der Waals surface area contributed by atoms with E-state index in [1.807, 2.05) is 19.0 Å². The lowest BCUT2D eigenvalue weighted by Crippen LogP contribution is -2.20. The van der Waals surface area contributed by atoms with Gasteiger partial charge in [0.15, 0.2) is 5.84 Å². The zero-order chi connectivity index (χ0) is 12.0. The van der Waals surface area contributed by atoms with Crippen molar-refractivity contribution in [2.24, 2.45) is 10.9 Å². The molecule has 0 unspecified atom stereocenters. The van der Waals surface area contributed by atoms with Crippen LogP contribution in [-0.4, -0.2) is 53.2 Å². The van der Waals surface area contributed by atoms with Gasteiger partial charge in [-0.05, 0) is 14.1 Å². The van der Waals surface area contributed by atoms with E-state index in [2.05, 4.69) is 15.1 Å². The van der Waals surface area contributed by atoms with Crippen molar-refractivity contribution in [1.29, 1.82) is 0 Å². The van der Waals surface area contributed by atoms with Gasteiger partial charge < -0.3 is 20.6 Å². The molecule has 0 saturated heterocycles. The van der Waals surface area contributed by atoms with Crippen LogP contribution in [0.25, 0.3) is 0 Å². The van der Waals surface area contributed by atoms with E-state index in [4.69, 9.17) is 15.7 Å². The van der Waals surface area contributed by atoms with Gasteiger partial charge in [0.2, 0.25) is 5.88 Å². The van der Waals surface area contributed by atoms with Gasteiger partial charge in [0.1, 0.15) is 12.3 Å². The number of ether oxygens (including phenoxy) is 1. The van der Waals surface area contributed by atoms with Crippen LogP contribution in [0.5, 0.6) is 5.88 Å². The minimum Gasteiger partial charge on any atom is -0.475 e. The molecule has 0 spiro atoms. The molecular weight excluding hydrogens is 210 g/mol. The summed E-state index contributed by atoms with van der Waals surface area (Å²) in [6.07, 6.45) is 2.82. The predicted molar refractivity (Wildman–Crippen MR) is 58.6 cm³/mol. The number of oxime groups is 1. The van der Waals surface area contributed by atoms with Crippen LogP contribution >= 0.6 is 0 Å². The average molecular weight is 225 g/mol. The van der Waals surface area contributed by atoms with Crippen LogP contribution in [-0.2, 0) is 0 Å². The van der Waals surface area contributed by atoms with E-state index in [1.54, 1.807) is 0 Å². The zero-order valence-electron chi connectivity index (χ0n) is 9.29. The molecule has 0 amide bonds. The molecule has 88 valence electrons. The third-order valence-electron chi connectivity index (χ3n) is 1.79. The molecule has 0 radical (unpaired) electrons. The number of hydrogen-bond donors (Lipinski definition) is 2. The first kappa shape index (κ1) is 12.2. The fourth-order valence-electron chi connectivity index (χ4n) is 0.907. The van der Waals surface area contributed by atoms with Gasteiger partial charge in [-0.25, -0.2) is 9.97 Å². The summed E-state index contributed by atoms with van der Waals surface area (Å²) in [6.45, 7) is 1.33. The Balaban J connectivity index is 2.52. The predicted octanol–water partition coefficient (Wildman–Crippen LogP) is -0.488. The Labute approximate surface area is 93.6 Å². The smallest absolute Gasteiger partial charge is 0.232 e. The fourth-order valence-corrected chi connectivity index (χ4v) is 0.907. The number of likely N-dealkylation sites (N-methyl/N-ethyl adjacent to an activating group) is 1. The van der Waals surface area contributed by atoms with Crippen LogP contribution in [0, 0.1) is 0 Å². The maximum Gasteiger partial charge on any atom is 0.232 e. The van der Waals surface area contributed by atoms with Gasteiger partial charge in [0.05, 0.1) is 12.4 Å². The lowest BCUT2D eigenvalue weighted by Gasteiger charge is -2.09. The van der Waals surface area contributed by atoms with Gasteiger partial charge in [0.25, 0.3) is 0 Å². The summed E-state index contributed by atoms with van der Waals surface area (Å²) in [5.41, 5.74) is 5.64. The summed E-state index contributed by atoms with van der Waals surface area (Å²) in [6, 6.07) is 0. The number of nitrogens with zero attached hydrogens (tertiary/aromatic N) is 4. The highest BCUT2D eigenvalue weighted by molar-refractivity contribution is 5.94. The minimum absolute atomic E-state index is 0.0765. The zero-order valence-corrected chi connectivity index (χ0v) is 9.29. The molecule has 1 heterocycles. The second-order valence-electron chi connectivity index (χ2n) is 3.38. The van der Waals surface area contributed by atoms with E-state index < -0.39 is 0 Å². The van der Waals surface area contributed by atoms with Crippen LogP contribution in [0.3, 0.4) is 0 Å². The summed E-state index contributed by atoms with van der Waals surface area (Å²) in [4.78, 5) is 9.90. The average Bonchev–Trinajstić information content (AvgIpc) is 2.28. The third-order valence-corrected chi connectivity index (χ3v) is 1.79. The molecule has 0 aliphatic heterocycles. The fraction of sp³-hybridized carbons (Fsp3) is 0.444. The SMILES string of the molecule is CN(C)CCOc1cnc(C(N)=NO)cn1. The molecule has 7 nitrogen and oxygen atoms in total. The van der Waals surface area contributed by atoms with E-state index in [-0.39, 0.29) is 5.84 Å². The molecule has 0 aliphatic carbocycles. The van der Waals surface area contributed by atoms with Crippen molar-refractivity contribution in [3.63, 3.8) is 0 Å². The lowest BCUT2D eigenvalue weighted by atomic mass is 10.4. The normalized spacial score (nSPS) is 11.8. The Morgan fingerprint density at radius 3 is 2.75 bits per heavy atom. The van der Waals surface area contributed by atoms with Crippen molar-refractivity contribution in [2.75, 3.05) is 27.2 Å². The van der Waals surface area contributed by atoms with Crippen molar-refractivity contribution >= 4 is 5.84 Å². The Morgan fingerprint density at radius 2 is 2.25 bits per heavy atom. The lowest BCUT2D eigenvalue weighted by molar-refractivity contribution is 0.253. The largest absolute Gasteiger partial charge is 0.475 e. The second-order valence-corrected chi connectivity index (χ2v) is 3.38. The van der Waals surface area contributed by atoms with Crippen LogP contribution < -0.4 is 10.5 Å². The summed E-state index contributed by atoms with van der Waals surface area (Å²) >= 11 is 0. The summed E-state index contributed by atoms with van der Waals surface area (Å²) < 4.78 is 5.33. The Bertz CT molecular complexity index is 349. The first-order valence-electron chi connectivity index (χ1n) is 4.71. The number of amidine groups is 1. The van der Waals surface area contributed by atoms with Gasteiger partial charge >= 0.3 is 0 Å². The number of nitrogens with two attached hydrogens (primary N) is 1. The number of rotatable bonds is 5. The second kappa shape index (κ2) is 5.86. The third kappa shape index (κ3) is 3.70. The van der Waals surface area contributed by atoms with Crippen molar-refractivity contribution < 1.29 is 9.94 Å². The molecule has 0 atom stereocenters. The molecule has 1 rings (SSSR count). The number of hydrogen-bond acceptors (Lipinski definition) is 6. The molecule has 7 heteroatoms. The van der Waals surface area contributed by atoms with Gasteiger partial charge in [-0.1, -0.05) is 5.16 Å². The molecule has 1 aromatic heterocycles. The highest BCUT2D eigenvalue weighted by Crippen LogP contribution is 2.03. The number of aromatic nitrogens is 2. The Morgan fingerprint density at radius 1 is 1.50 bits per heavy atom. The van der Waals surface area contributed by atoms with E-state index in [1.165, 1.54) is 12.4 Å². The summed E-state index contributed by atoms with van der Waals surface area (Å²) in [7, 11) is 3.91. The molecule has 0 aliphatic rings. The quantitative estimate of drug-likeness (QED) is 0.304. The first-order chi connectivity index (χ1) is 7.63. The molecular formula is C9H15N5O2. The highest BCUT2D eigenvalue weighted by Gasteiger charge is 2.02. The molecule has 0 fully saturated rings. The summed E-state index contributed by atoms with van der Waals surface area (Å²) in [5.74, 6) is 0.337. The highest BCUT2D eigenvalue weighted by atomic mass is 16.5. The maximum atomic E-state index is 8.42. The molecule has 1 aromatic rings. The summed E-state index contributed by atoms with van der Waals surface area (Å²) in [5, 5.41) is 11.2. The molecule has 0 bridgehead atoms. The van der Waals surface area contributed by atoms with Crippen LogP contribution in [0.1, 0.15) is 5.69 Å². The van der Waals surface area contributed by atoms with Crippen molar-refractivity contribution in [3.8, 4) is 5.88 Å². The van der Waals surface area contributed by atoms with E-state index >= 15 is 0 Å². The molecule has 0 saturated carbocycles. The monoisotopic (exact) mass is 225 g/mol. The first-order valence-corrected chi connectivity index (χ1v) is 4.71. The molecule has 3 N–H and O–H groups in total. The molecule has 0 aromatic carbocycles. The van der Waals surface area contributed by atoms with Crippen molar-refractivity contribution in [3.05, 3.63) is 18.1 Å². The van der Waals surface area contributed by atoms with Gasteiger partial charge in [-0.2, -0.15) is 0 Å². The van der Waals surface area contributed by atoms with E-state index in [0.29, 0.717) is 18.2 Å². The van der Waals surface area contributed by atoms with Crippen molar-refractivity contribution in [1.82, 2.24) is 14.9 Å². The Hall–Kier alpha value is -1.89. The molecule has 16 heavy (non-hydrogen) atoms. The Kier molecular flexibility index (Phi) is 4.46. The van der Waals surface area contributed by atoms with Crippen LogP contribution in [0.15, 0.2) is 17.5 Å². The minimum atomic E-state index is -0.0765. The maximum absolute atomic E-state index is 8.42. The van der Waals surface area contributed by atoms with E-state index in [9.17, 15) is 0 Å². The van der Waals surface area contributed by atoms with Crippen LogP contribution in [0.2, 0.25) is 0 Å². The van der Waals surface area contributed by atoms with Gasteiger partial charge in [-0.3, -0.25) is 0 Å².